The van der Waals surface area contributed by atoms with Crippen molar-refractivity contribution >= 4 is 0 Å². The molecule has 1 N–H and O–H groups in total. The number of phenols is 1. The summed E-state index contributed by atoms with van der Waals surface area (Å²) in [5.41, 5.74) is 3.38. The van der Waals surface area contributed by atoms with Crippen LogP contribution in [0.2, 0.25) is 0 Å². The Morgan fingerprint density at radius 2 is 1.90 bits per heavy atom. The molecule has 0 radical (unpaired) electrons. The number of aryl methyl sites for hydroxylation is 1. The van der Waals surface area contributed by atoms with E-state index in [9.17, 15) is 5.11 Å². The van der Waals surface area contributed by atoms with Gasteiger partial charge in [-0.05, 0) is 49.1 Å². The van der Waals surface area contributed by atoms with Gasteiger partial charge in [0.2, 0.25) is 0 Å². The average Bonchev–Trinajstić information content (AvgIpc) is 2.48. The molecule has 0 saturated heterocycles. The van der Waals surface area contributed by atoms with Gasteiger partial charge in [0.1, 0.15) is 23.4 Å². The molecule has 104 valence electrons. The molecule has 1 heterocycles. The van der Waals surface area contributed by atoms with Crippen molar-refractivity contribution in [2.75, 3.05) is 7.11 Å². The summed E-state index contributed by atoms with van der Waals surface area (Å²) >= 11 is 0. The van der Waals surface area contributed by atoms with Crippen molar-refractivity contribution in [3.8, 4) is 17.2 Å². The molecular formula is C17H18O3. The zero-order chi connectivity index (χ0) is 14.1. The Kier molecular flexibility index (Phi) is 3.26. The predicted octanol–water partition coefficient (Wildman–Crippen LogP) is 3.78. The lowest BCUT2D eigenvalue weighted by Gasteiger charge is -2.28. The monoisotopic (exact) mass is 270 g/mol. The molecule has 0 fully saturated rings. The minimum absolute atomic E-state index is 0.0360. The highest BCUT2D eigenvalue weighted by Gasteiger charge is 2.24. The van der Waals surface area contributed by atoms with Gasteiger partial charge in [0, 0.05) is 5.56 Å². The number of hydrogen-bond donors (Lipinski definition) is 1. The molecule has 20 heavy (non-hydrogen) atoms. The Bertz CT molecular complexity index is 617. The largest absolute Gasteiger partial charge is 0.508 e. The summed E-state index contributed by atoms with van der Waals surface area (Å²) in [6.45, 7) is 2.02. The van der Waals surface area contributed by atoms with E-state index in [1.807, 2.05) is 25.1 Å². The summed E-state index contributed by atoms with van der Waals surface area (Å²) in [4.78, 5) is 0. The lowest BCUT2D eigenvalue weighted by atomic mass is 9.95. The van der Waals surface area contributed by atoms with Crippen molar-refractivity contribution < 1.29 is 14.6 Å². The molecule has 0 aliphatic carbocycles. The first-order valence-electron chi connectivity index (χ1n) is 6.81. The number of fused-ring (bicyclic) bond motifs is 1. The maximum atomic E-state index is 9.37. The highest BCUT2D eigenvalue weighted by atomic mass is 16.5. The van der Waals surface area contributed by atoms with Gasteiger partial charge in [-0.2, -0.15) is 0 Å². The predicted molar refractivity (Wildman–Crippen MR) is 77.5 cm³/mol. The lowest BCUT2D eigenvalue weighted by Crippen LogP contribution is -2.16. The van der Waals surface area contributed by atoms with Gasteiger partial charge >= 0.3 is 0 Å². The van der Waals surface area contributed by atoms with E-state index in [2.05, 4.69) is 6.07 Å². The van der Waals surface area contributed by atoms with Crippen LogP contribution >= 0.6 is 0 Å². The number of ether oxygens (including phenoxy) is 2. The summed E-state index contributed by atoms with van der Waals surface area (Å²) in [5.74, 6) is 2.08. The number of aromatic hydroxyl groups is 1. The second-order valence-corrected chi connectivity index (χ2v) is 5.12. The Morgan fingerprint density at radius 1 is 1.15 bits per heavy atom. The molecule has 0 amide bonds. The van der Waals surface area contributed by atoms with Crippen LogP contribution in [0.5, 0.6) is 17.2 Å². The number of methoxy groups -OCH3 is 1. The van der Waals surface area contributed by atoms with Crippen LogP contribution in [0.3, 0.4) is 0 Å². The maximum Gasteiger partial charge on any atom is 0.130 e. The van der Waals surface area contributed by atoms with Gasteiger partial charge in [0.25, 0.3) is 0 Å². The molecule has 3 rings (SSSR count). The van der Waals surface area contributed by atoms with E-state index in [0.717, 1.165) is 35.5 Å². The summed E-state index contributed by atoms with van der Waals surface area (Å²) in [6.07, 6.45) is 1.98. The molecule has 2 aromatic carbocycles. The molecule has 0 bridgehead atoms. The van der Waals surface area contributed by atoms with Gasteiger partial charge in [-0.1, -0.05) is 18.2 Å². The number of rotatable bonds is 2. The molecule has 0 spiro atoms. The van der Waals surface area contributed by atoms with Crippen LogP contribution < -0.4 is 9.47 Å². The summed E-state index contributed by atoms with van der Waals surface area (Å²) in [5, 5.41) is 9.37. The minimum atomic E-state index is 0.0360. The fraction of sp³-hybridized carbons (Fsp3) is 0.294. The summed E-state index contributed by atoms with van der Waals surface area (Å²) < 4.78 is 11.5. The van der Waals surface area contributed by atoms with E-state index >= 15 is 0 Å². The van der Waals surface area contributed by atoms with Gasteiger partial charge < -0.3 is 14.6 Å². The Hall–Kier alpha value is -2.16. The first kappa shape index (κ1) is 12.9. The van der Waals surface area contributed by atoms with E-state index in [1.165, 1.54) is 5.56 Å². The molecule has 1 aliphatic heterocycles. The van der Waals surface area contributed by atoms with Crippen molar-refractivity contribution in [1.29, 1.82) is 0 Å². The molecule has 0 saturated carbocycles. The van der Waals surface area contributed by atoms with Crippen LogP contribution in [-0.4, -0.2) is 12.2 Å². The average molecular weight is 270 g/mol. The molecule has 1 aliphatic rings. The van der Waals surface area contributed by atoms with Crippen molar-refractivity contribution in [2.45, 2.75) is 25.9 Å². The van der Waals surface area contributed by atoms with E-state index < -0.39 is 0 Å². The molecular weight excluding hydrogens is 252 g/mol. The number of benzene rings is 2. The smallest absolute Gasteiger partial charge is 0.130 e. The van der Waals surface area contributed by atoms with Crippen molar-refractivity contribution in [3.05, 3.63) is 53.1 Å². The van der Waals surface area contributed by atoms with Crippen LogP contribution in [0.4, 0.5) is 0 Å². The Balaban J connectivity index is 1.93. The SMILES string of the molecule is COc1ccc2c(c1C)OC(c1ccc(O)cc1)CC2. The van der Waals surface area contributed by atoms with E-state index in [4.69, 9.17) is 9.47 Å². The zero-order valence-electron chi connectivity index (χ0n) is 11.7. The topological polar surface area (TPSA) is 38.7 Å². The molecule has 3 heteroatoms. The van der Waals surface area contributed by atoms with Crippen LogP contribution in [0.15, 0.2) is 36.4 Å². The Morgan fingerprint density at radius 3 is 2.60 bits per heavy atom. The van der Waals surface area contributed by atoms with Crippen LogP contribution in [0, 0.1) is 6.92 Å². The summed E-state index contributed by atoms with van der Waals surface area (Å²) in [7, 11) is 1.68. The first-order chi connectivity index (χ1) is 9.69. The fourth-order valence-electron chi connectivity index (χ4n) is 2.72. The van der Waals surface area contributed by atoms with Crippen LogP contribution in [0.1, 0.15) is 29.2 Å². The van der Waals surface area contributed by atoms with Gasteiger partial charge in [0.15, 0.2) is 0 Å². The highest BCUT2D eigenvalue weighted by Crippen LogP contribution is 2.40. The van der Waals surface area contributed by atoms with E-state index in [1.54, 1.807) is 19.2 Å². The minimum Gasteiger partial charge on any atom is -0.508 e. The summed E-state index contributed by atoms with van der Waals surface area (Å²) in [6, 6.07) is 11.3. The maximum absolute atomic E-state index is 9.37. The lowest BCUT2D eigenvalue weighted by molar-refractivity contribution is 0.174. The molecule has 1 unspecified atom stereocenters. The van der Waals surface area contributed by atoms with Gasteiger partial charge in [-0.15, -0.1) is 0 Å². The first-order valence-corrected chi connectivity index (χ1v) is 6.81. The number of phenolic OH excluding ortho intramolecular Hbond substituents is 1. The third-order valence-electron chi connectivity index (χ3n) is 3.86. The normalized spacial score (nSPS) is 17.2. The molecule has 3 nitrogen and oxygen atoms in total. The van der Waals surface area contributed by atoms with Crippen molar-refractivity contribution in [3.63, 3.8) is 0 Å². The van der Waals surface area contributed by atoms with Crippen LogP contribution in [0.25, 0.3) is 0 Å². The second kappa shape index (κ2) is 5.08. The fourth-order valence-corrected chi connectivity index (χ4v) is 2.72. The van der Waals surface area contributed by atoms with Crippen molar-refractivity contribution in [2.24, 2.45) is 0 Å². The third-order valence-corrected chi connectivity index (χ3v) is 3.86. The van der Waals surface area contributed by atoms with Gasteiger partial charge in [-0.25, -0.2) is 0 Å². The van der Waals surface area contributed by atoms with Crippen molar-refractivity contribution in [1.82, 2.24) is 0 Å². The van der Waals surface area contributed by atoms with E-state index in [0.29, 0.717) is 0 Å². The van der Waals surface area contributed by atoms with Gasteiger partial charge in [-0.3, -0.25) is 0 Å². The van der Waals surface area contributed by atoms with Gasteiger partial charge in [0.05, 0.1) is 7.11 Å². The quantitative estimate of drug-likeness (QED) is 0.902. The third kappa shape index (κ3) is 2.20. The zero-order valence-corrected chi connectivity index (χ0v) is 11.7. The standard InChI is InChI=1S/C17H18O3/c1-11-15(19-2)9-5-13-6-10-16(20-17(11)13)12-3-7-14(18)8-4-12/h3-5,7-9,16,18H,6,10H2,1-2H3. The number of hydrogen-bond acceptors (Lipinski definition) is 3. The van der Waals surface area contributed by atoms with E-state index in [-0.39, 0.29) is 11.9 Å². The van der Waals surface area contributed by atoms with Crippen LogP contribution in [-0.2, 0) is 6.42 Å². The highest BCUT2D eigenvalue weighted by molar-refractivity contribution is 5.50. The molecule has 2 aromatic rings. The molecule has 1 atom stereocenters. The Labute approximate surface area is 118 Å². The molecule has 0 aromatic heterocycles. The second-order valence-electron chi connectivity index (χ2n) is 5.12.